The first-order valence-corrected chi connectivity index (χ1v) is 9.43. The Labute approximate surface area is 165 Å². The molecule has 1 aliphatic rings. The molecule has 1 amide bonds. The molecule has 1 saturated heterocycles. The number of benzene rings is 2. The van der Waals surface area contributed by atoms with Gasteiger partial charge in [0.05, 0.1) is 20.6 Å². The van der Waals surface area contributed by atoms with Gasteiger partial charge in [-0.2, -0.15) is 0 Å². The van der Waals surface area contributed by atoms with Gasteiger partial charge in [0.25, 0.3) is 0 Å². The Balaban J connectivity index is 1.56. The summed E-state index contributed by atoms with van der Waals surface area (Å²) < 4.78 is 10.8. The molecule has 27 heavy (non-hydrogen) atoms. The van der Waals surface area contributed by atoms with Crippen LogP contribution in [0.15, 0.2) is 42.5 Å². The van der Waals surface area contributed by atoms with Crippen molar-refractivity contribution in [1.82, 2.24) is 9.80 Å². The molecule has 0 bridgehead atoms. The fourth-order valence-corrected chi connectivity index (χ4v) is 3.59. The Kier molecular flexibility index (Phi) is 6.58. The molecule has 1 fully saturated rings. The fraction of sp³-hybridized carbons (Fsp3) is 0.381. The molecule has 6 heteroatoms. The van der Waals surface area contributed by atoms with Crippen LogP contribution in [0.2, 0.25) is 5.02 Å². The Morgan fingerprint density at radius 1 is 0.963 bits per heavy atom. The van der Waals surface area contributed by atoms with Crippen molar-refractivity contribution in [1.29, 1.82) is 0 Å². The molecule has 2 aromatic carbocycles. The van der Waals surface area contributed by atoms with Gasteiger partial charge in [0.15, 0.2) is 0 Å². The van der Waals surface area contributed by atoms with Crippen molar-refractivity contribution in [2.24, 2.45) is 0 Å². The zero-order valence-electron chi connectivity index (χ0n) is 15.8. The quantitative estimate of drug-likeness (QED) is 0.761. The molecule has 1 heterocycles. The molecule has 2 aromatic rings. The number of nitrogens with zero attached hydrogens (tertiary/aromatic N) is 2. The monoisotopic (exact) mass is 388 g/mol. The first kappa shape index (κ1) is 19.5. The number of hydrogen-bond acceptors (Lipinski definition) is 4. The van der Waals surface area contributed by atoms with Crippen molar-refractivity contribution in [3.8, 4) is 11.5 Å². The molecular weight excluding hydrogens is 364 g/mol. The zero-order chi connectivity index (χ0) is 19.2. The van der Waals surface area contributed by atoms with Crippen molar-refractivity contribution in [2.75, 3.05) is 40.4 Å². The second-order valence-electron chi connectivity index (χ2n) is 6.60. The number of ether oxygens (including phenoxy) is 2. The van der Waals surface area contributed by atoms with E-state index in [0.29, 0.717) is 11.4 Å². The lowest BCUT2D eigenvalue weighted by atomic mass is 10.1. The highest BCUT2D eigenvalue weighted by atomic mass is 35.5. The summed E-state index contributed by atoms with van der Waals surface area (Å²) in [6.07, 6.45) is 0.367. The lowest BCUT2D eigenvalue weighted by Gasteiger charge is -2.35. The number of rotatable bonds is 6. The molecule has 0 spiro atoms. The molecule has 0 saturated carbocycles. The van der Waals surface area contributed by atoms with Gasteiger partial charge in [0.1, 0.15) is 11.5 Å². The van der Waals surface area contributed by atoms with E-state index in [2.05, 4.69) is 4.90 Å². The van der Waals surface area contributed by atoms with Crippen molar-refractivity contribution >= 4 is 17.5 Å². The maximum atomic E-state index is 12.7. The normalized spacial score (nSPS) is 14.9. The lowest BCUT2D eigenvalue weighted by Crippen LogP contribution is -2.48. The van der Waals surface area contributed by atoms with E-state index in [9.17, 15) is 4.79 Å². The minimum absolute atomic E-state index is 0.138. The number of para-hydroxylation sites is 1. The molecule has 5 nitrogen and oxygen atoms in total. The van der Waals surface area contributed by atoms with E-state index in [1.165, 1.54) is 0 Å². The van der Waals surface area contributed by atoms with Gasteiger partial charge >= 0.3 is 0 Å². The van der Waals surface area contributed by atoms with Crippen LogP contribution in [-0.4, -0.2) is 56.1 Å². The van der Waals surface area contributed by atoms with Crippen LogP contribution in [0.5, 0.6) is 11.5 Å². The molecule has 144 valence electrons. The van der Waals surface area contributed by atoms with E-state index in [0.717, 1.165) is 55.3 Å². The Morgan fingerprint density at radius 3 is 2.33 bits per heavy atom. The third-order valence-electron chi connectivity index (χ3n) is 4.90. The number of carbonyl (C=O) groups excluding carboxylic acids is 1. The molecular formula is C21H25ClN2O3. The van der Waals surface area contributed by atoms with Crippen LogP contribution in [0.4, 0.5) is 0 Å². The van der Waals surface area contributed by atoms with E-state index in [4.69, 9.17) is 21.1 Å². The third-order valence-corrected chi connectivity index (χ3v) is 5.13. The number of halogens is 1. The Morgan fingerprint density at radius 2 is 1.63 bits per heavy atom. The Hall–Kier alpha value is -2.24. The molecule has 0 atom stereocenters. The maximum absolute atomic E-state index is 12.7. The lowest BCUT2D eigenvalue weighted by molar-refractivity contribution is -0.132. The summed E-state index contributed by atoms with van der Waals surface area (Å²) in [6.45, 7) is 3.85. The highest BCUT2D eigenvalue weighted by molar-refractivity contribution is 6.30. The maximum Gasteiger partial charge on any atom is 0.227 e. The highest BCUT2D eigenvalue weighted by Crippen LogP contribution is 2.25. The summed E-state index contributed by atoms with van der Waals surface area (Å²) in [7, 11) is 3.30. The SMILES string of the molecule is COc1ccccc1CC(=O)N1CCN(Cc2cc(Cl)ccc2OC)CC1. The van der Waals surface area contributed by atoms with Crippen LogP contribution in [0.3, 0.4) is 0 Å². The van der Waals surface area contributed by atoms with Crippen molar-refractivity contribution in [3.63, 3.8) is 0 Å². The van der Waals surface area contributed by atoms with Crippen LogP contribution >= 0.6 is 11.6 Å². The number of methoxy groups -OCH3 is 2. The van der Waals surface area contributed by atoms with Gasteiger partial charge < -0.3 is 14.4 Å². The number of amides is 1. The average molecular weight is 389 g/mol. The smallest absolute Gasteiger partial charge is 0.227 e. The topological polar surface area (TPSA) is 42.0 Å². The van der Waals surface area contributed by atoms with E-state index in [-0.39, 0.29) is 5.91 Å². The molecule has 0 radical (unpaired) electrons. The largest absolute Gasteiger partial charge is 0.496 e. The molecule has 0 aromatic heterocycles. The summed E-state index contributed by atoms with van der Waals surface area (Å²) in [5.74, 6) is 1.74. The summed E-state index contributed by atoms with van der Waals surface area (Å²) in [4.78, 5) is 16.9. The van der Waals surface area contributed by atoms with Gasteiger partial charge in [-0.15, -0.1) is 0 Å². The fourth-order valence-electron chi connectivity index (χ4n) is 3.39. The second-order valence-corrected chi connectivity index (χ2v) is 7.04. The van der Waals surface area contributed by atoms with Crippen LogP contribution in [0.1, 0.15) is 11.1 Å². The minimum Gasteiger partial charge on any atom is -0.496 e. The van der Waals surface area contributed by atoms with E-state index in [1.807, 2.05) is 47.4 Å². The first-order chi connectivity index (χ1) is 13.1. The highest BCUT2D eigenvalue weighted by Gasteiger charge is 2.22. The molecule has 0 unspecified atom stereocenters. The van der Waals surface area contributed by atoms with Crippen molar-refractivity contribution < 1.29 is 14.3 Å². The zero-order valence-corrected chi connectivity index (χ0v) is 16.5. The Bertz CT molecular complexity index is 789. The van der Waals surface area contributed by atoms with E-state index in [1.54, 1.807) is 14.2 Å². The van der Waals surface area contributed by atoms with Crippen molar-refractivity contribution in [2.45, 2.75) is 13.0 Å². The third kappa shape index (κ3) is 4.93. The summed E-state index contributed by atoms with van der Waals surface area (Å²) in [5.41, 5.74) is 2.00. The van der Waals surface area contributed by atoms with Gasteiger partial charge in [0, 0.05) is 48.9 Å². The molecule has 0 aliphatic carbocycles. The van der Waals surface area contributed by atoms with Gasteiger partial charge in [-0.05, 0) is 24.3 Å². The number of hydrogen-bond donors (Lipinski definition) is 0. The van der Waals surface area contributed by atoms with Gasteiger partial charge in [-0.3, -0.25) is 9.69 Å². The van der Waals surface area contributed by atoms with Crippen LogP contribution in [0.25, 0.3) is 0 Å². The van der Waals surface area contributed by atoms with Gasteiger partial charge in [-0.1, -0.05) is 29.8 Å². The molecule has 3 rings (SSSR count). The summed E-state index contributed by atoms with van der Waals surface area (Å²) >= 11 is 6.12. The van der Waals surface area contributed by atoms with Crippen LogP contribution in [0, 0.1) is 0 Å². The predicted molar refractivity (Wildman–Crippen MR) is 107 cm³/mol. The average Bonchev–Trinajstić information content (AvgIpc) is 2.69. The van der Waals surface area contributed by atoms with E-state index < -0.39 is 0 Å². The molecule has 0 N–H and O–H groups in total. The predicted octanol–water partition coefficient (Wildman–Crippen LogP) is 3.24. The van der Waals surface area contributed by atoms with Gasteiger partial charge in [-0.25, -0.2) is 0 Å². The second kappa shape index (κ2) is 9.11. The van der Waals surface area contributed by atoms with Crippen LogP contribution in [-0.2, 0) is 17.8 Å². The minimum atomic E-state index is 0.138. The van der Waals surface area contributed by atoms with Crippen molar-refractivity contribution in [3.05, 3.63) is 58.6 Å². The van der Waals surface area contributed by atoms with Crippen LogP contribution < -0.4 is 9.47 Å². The summed E-state index contributed by atoms with van der Waals surface area (Å²) in [6, 6.07) is 13.3. The molecule has 1 aliphatic heterocycles. The summed E-state index contributed by atoms with van der Waals surface area (Å²) in [5, 5.41) is 0.705. The number of piperazine rings is 1. The van der Waals surface area contributed by atoms with E-state index >= 15 is 0 Å². The van der Waals surface area contributed by atoms with Gasteiger partial charge in [0.2, 0.25) is 5.91 Å². The first-order valence-electron chi connectivity index (χ1n) is 9.05. The standard InChI is InChI=1S/C21H25ClN2O3/c1-26-19-6-4-3-5-16(19)14-21(25)24-11-9-23(10-12-24)15-17-13-18(22)7-8-20(17)27-2/h3-8,13H,9-12,14-15H2,1-2H3. The number of carbonyl (C=O) groups is 1.